The van der Waals surface area contributed by atoms with Gasteiger partial charge < -0.3 is 5.11 Å². The van der Waals surface area contributed by atoms with Gasteiger partial charge in [0.25, 0.3) is 0 Å². The first-order chi connectivity index (χ1) is 7.73. The van der Waals surface area contributed by atoms with Crippen molar-refractivity contribution in [1.29, 1.82) is 0 Å². The smallest absolute Gasteiger partial charge is 0.327 e. The zero-order valence-electron chi connectivity index (χ0n) is 9.91. The van der Waals surface area contributed by atoms with Gasteiger partial charge in [-0.15, -0.1) is 0 Å². The van der Waals surface area contributed by atoms with Crippen LogP contribution in [0.3, 0.4) is 0 Å². The second-order valence-electron chi connectivity index (χ2n) is 3.91. The van der Waals surface area contributed by atoms with Gasteiger partial charge in [-0.25, -0.2) is 13.2 Å². The largest absolute Gasteiger partial charge is 0.480 e. The first kappa shape index (κ1) is 13.5. The van der Waals surface area contributed by atoms with Crippen molar-refractivity contribution in [3.8, 4) is 0 Å². The Labute approximate surface area is 101 Å². The molecule has 0 aliphatic carbocycles. The van der Waals surface area contributed by atoms with Gasteiger partial charge in [0.05, 0.1) is 11.9 Å². The molecule has 0 radical (unpaired) electrons. The highest BCUT2D eigenvalue weighted by molar-refractivity contribution is 7.92. The molecule has 6 heteroatoms. The molecule has 1 aromatic carbocycles. The average Bonchev–Trinajstić information content (AvgIpc) is 2.15. The van der Waals surface area contributed by atoms with Crippen molar-refractivity contribution in [2.24, 2.45) is 0 Å². The monoisotopic (exact) mass is 257 g/mol. The molecule has 17 heavy (non-hydrogen) atoms. The first-order valence-corrected chi connectivity index (χ1v) is 6.87. The number of carboxylic acid groups (broad SMARTS) is 1. The predicted octanol–water partition coefficient (Wildman–Crippen LogP) is 1.23. The number of anilines is 1. The summed E-state index contributed by atoms with van der Waals surface area (Å²) in [6.07, 6.45) is 0.995. The number of benzene rings is 1. The number of carbonyl (C=O) groups is 1. The quantitative estimate of drug-likeness (QED) is 0.880. The van der Waals surface area contributed by atoms with E-state index in [0.29, 0.717) is 5.69 Å². The zero-order chi connectivity index (χ0) is 13.2. The number of hydrogen-bond donors (Lipinski definition) is 1. The number of aliphatic carboxylic acids is 1. The minimum absolute atomic E-state index is 0.363. The van der Waals surface area contributed by atoms with Gasteiger partial charge in [-0.3, -0.25) is 4.31 Å². The van der Waals surface area contributed by atoms with E-state index >= 15 is 0 Å². The van der Waals surface area contributed by atoms with Gasteiger partial charge in [-0.1, -0.05) is 12.1 Å². The van der Waals surface area contributed by atoms with Crippen LogP contribution in [0.1, 0.15) is 12.5 Å². The molecule has 0 aliphatic rings. The Kier molecular flexibility index (Phi) is 3.77. The summed E-state index contributed by atoms with van der Waals surface area (Å²) in [7, 11) is -3.63. The summed E-state index contributed by atoms with van der Waals surface area (Å²) in [5.74, 6) is -1.18. The van der Waals surface area contributed by atoms with Crippen molar-refractivity contribution in [2.75, 3.05) is 10.6 Å². The van der Waals surface area contributed by atoms with Crippen molar-refractivity contribution in [1.82, 2.24) is 0 Å². The van der Waals surface area contributed by atoms with Crippen LogP contribution < -0.4 is 4.31 Å². The Balaban J connectivity index is 3.30. The van der Waals surface area contributed by atoms with Gasteiger partial charge >= 0.3 is 5.97 Å². The van der Waals surface area contributed by atoms with Crippen LogP contribution in [0.4, 0.5) is 5.69 Å². The molecule has 1 rings (SSSR count). The number of nitrogens with zero attached hydrogens (tertiary/aromatic N) is 1. The Morgan fingerprint density at radius 2 is 2.00 bits per heavy atom. The highest BCUT2D eigenvalue weighted by Crippen LogP contribution is 2.21. The molecule has 1 atom stereocenters. The maximum Gasteiger partial charge on any atom is 0.327 e. The van der Waals surface area contributed by atoms with Crippen LogP contribution in [0.2, 0.25) is 0 Å². The van der Waals surface area contributed by atoms with E-state index in [9.17, 15) is 13.2 Å². The van der Waals surface area contributed by atoms with Crippen LogP contribution in [0.25, 0.3) is 0 Å². The van der Waals surface area contributed by atoms with Gasteiger partial charge in [0.2, 0.25) is 10.0 Å². The second-order valence-corrected chi connectivity index (χ2v) is 5.77. The van der Waals surface area contributed by atoms with E-state index in [-0.39, 0.29) is 0 Å². The number of aryl methyl sites for hydroxylation is 1. The van der Waals surface area contributed by atoms with Crippen LogP contribution in [0.5, 0.6) is 0 Å². The molecule has 0 amide bonds. The van der Waals surface area contributed by atoms with Gasteiger partial charge in [0.15, 0.2) is 0 Å². The topological polar surface area (TPSA) is 74.7 Å². The summed E-state index contributed by atoms with van der Waals surface area (Å²) >= 11 is 0. The summed E-state index contributed by atoms with van der Waals surface area (Å²) in [5.41, 5.74) is 1.23. The molecule has 0 fully saturated rings. The van der Waals surface area contributed by atoms with E-state index in [2.05, 4.69) is 0 Å². The van der Waals surface area contributed by atoms with Crippen LogP contribution in [0, 0.1) is 6.92 Å². The lowest BCUT2D eigenvalue weighted by atomic mass is 10.2. The second kappa shape index (κ2) is 4.75. The van der Waals surface area contributed by atoms with Crippen LogP contribution in [0.15, 0.2) is 24.3 Å². The summed E-state index contributed by atoms with van der Waals surface area (Å²) in [4.78, 5) is 10.9. The van der Waals surface area contributed by atoms with E-state index in [4.69, 9.17) is 5.11 Å². The standard InChI is InChI=1S/C11H15NO4S/c1-8-5-4-6-10(7-8)12(17(3,15)16)9(2)11(13)14/h4-7,9H,1-3H3,(H,13,14). The lowest BCUT2D eigenvalue weighted by Crippen LogP contribution is -2.42. The third kappa shape index (κ3) is 3.20. The van der Waals surface area contributed by atoms with Crippen LogP contribution in [-0.2, 0) is 14.8 Å². The maximum atomic E-state index is 11.7. The molecule has 0 bridgehead atoms. The third-order valence-electron chi connectivity index (χ3n) is 2.32. The molecule has 0 aliphatic heterocycles. The highest BCUT2D eigenvalue weighted by Gasteiger charge is 2.28. The molecule has 0 saturated carbocycles. The molecule has 94 valence electrons. The molecule has 1 N–H and O–H groups in total. The molecule has 0 aromatic heterocycles. The number of carboxylic acids is 1. The minimum Gasteiger partial charge on any atom is -0.480 e. The molecule has 0 saturated heterocycles. The van der Waals surface area contributed by atoms with Crippen molar-refractivity contribution < 1.29 is 18.3 Å². The van der Waals surface area contributed by atoms with E-state index in [1.54, 1.807) is 18.2 Å². The molecular weight excluding hydrogens is 242 g/mol. The first-order valence-electron chi connectivity index (χ1n) is 5.02. The molecular formula is C11H15NO4S. The lowest BCUT2D eigenvalue weighted by Gasteiger charge is -2.26. The third-order valence-corrected chi connectivity index (χ3v) is 3.56. The Morgan fingerprint density at radius 1 is 1.41 bits per heavy atom. The molecule has 0 spiro atoms. The Bertz CT molecular complexity index is 524. The van der Waals surface area contributed by atoms with E-state index in [0.717, 1.165) is 16.1 Å². The Hall–Kier alpha value is -1.56. The average molecular weight is 257 g/mol. The van der Waals surface area contributed by atoms with Crippen molar-refractivity contribution in [2.45, 2.75) is 19.9 Å². The SMILES string of the molecule is Cc1cccc(N(C(C)C(=O)O)S(C)(=O)=O)c1. The van der Waals surface area contributed by atoms with E-state index in [1.165, 1.54) is 6.92 Å². The van der Waals surface area contributed by atoms with Gasteiger partial charge in [0, 0.05) is 0 Å². The normalized spacial score (nSPS) is 13.1. The number of sulfonamides is 1. The minimum atomic E-state index is -3.63. The fourth-order valence-electron chi connectivity index (χ4n) is 1.57. The van der Waals surface area contributed by atoms with Crippen molar-refractivity contribution in [3.63, 3.8) is 0 Å². The highest BCUT2D eigenvalue weighted by atomic mass is 32.2. The predicted molar refractivity (Wildman–Crippen MR) is 65.6 cm³/mol. The fourth-order valence-corrected chi connectivity index (χ4v) is 2.73. The van der Waals surface area contributed by atoms with E-state index < -0.39 is 22.0 Å². The van der Waals surface area contributed by atoms with Gasteiger partial charge in [-0.2, -0.15) is 0 Å². The zero-order valence-corrected chi connectivity index (χ0v) is 10.7. The molecule has 0 heterocycles. The summed E-state index contributed by atoms with van der Waals surface area (Å²) in [5, 5.41) is 8.94. The fraction of sp³-hybridized carbons (Fsp3) is 0.364. The van der Waals surface area contributed by atoms with Crippen molar-refractivity contribution in [3.05, 3.63) is 29.8 Å². The molecule has 1 aromatic rings. The lowest BCUT2D eigenvalue weighted by molar-refractivity contribution is -0.137. The Morgan fingerprint density at radius 3 is 2.41 bits per heavy atom. The van der Waals surface area contributed by atoms with Gasteiger partial charge in [-0.05, 0) is 31.5 Å². The van der Waals surface area contributed by atoms with Gasteiger partial charge in [0.1, 0.15) is 6.04 Å². The maximum absolute atomic E-state index is 11.7. The molecule has 5 nitrogen and oxygen atoms in total. The number of hydrogen-bond acceptors (Lipinski definition) is 3. The van der Waals surface area contributed by atoms with Crippen molar-refractivity contribution >= 4 is 21.7 Å². The van der Waals surface area contributed by atoms with E-state index in [1.807, 2.05) is 13.0 Å². The summed E-state index contributed by atoms with van der Waals surface area (Å²) in [6.45, 7) is 3.15. The summed E-state index contributed by atoms with van der Waals surface area (Å²) in [6, 6.07) is 5.59. The summed E-state index contributed by atoms with van der Waals surface area (Å²) < 4.78 is 24.2. The number of rotatable bonds is 4. The van der Waals surface area contributed by atoms with Crippen LogP contribution >= 0.6 is 0 Å². The molecule has 1 unspecified atom stereocenters. The van der Waals surface area contributed by atoms with Crippen LogP contribution in [-0.4, -0.2) is 31.8 Å².